The molecule has 0 fully saturated rings. The average molecular weight is 243 g/mol. The number of ether oxygens (including phenoxy) is 1. The van der Waals surface area contributed by atoms with E-state index >= 15 is 0 Å². The van der Waals surface area contributed by atoms with E-state index in [1.165, 1.54) is 11.1 Å². The van der Waals surface area contributed by atoms with Crippen LogP contribution in [-0.2, 0) is 0 Å². The van der Waals surface area contributed by atoms with Crippen LogP contribution in [0.4, 0.5) is 5.82 Å². The van der Waals surface area contributed by atoms with E-state index < -0.39 is 0 Å². The Balaban J connectivity index is 2.58. The number of nitrogens with zero attached hydrogens (tertiary/aromatic N) is 2. The second-order valence-corrected chi connectivity index (χ2v) is 4.18. The fourth-order valence-corrected chi connectivity index (χ4v) is 1.80. The van der Waals surface area contributed by atoms with Crippen molar-refractivity contribution >= 4 is 5.82 Å². The summed E-state index contributed by atoms with van der Waals surface area (Å²) in [5.41, 5.74) is 4.27. The van der Waals surface area contributed by atoms with E-state index in [2.05, 4.69) is 35.2 Å². The van der Waals surface area contributed by atoms with Gasteiger partial charge in [-0.05, 0) is 37.1 Å². The molecule has 1 aromatic heterocycles. The average Bonchev–Trinajstić information content (AvgIpc) is 2.41. The van der Waals surface area contributed by atoms with Gasteiger partial charge in [-0.3, -0.25) is 0 Å². The van der Waals surface area contributed by atoms with Crippen molar-refractivity contribution in [3.63, 3.8) is 0 Å². The van der Waals surface area contributed by atoms with Crippen LogP contribution in [0, 0.1) is 13.8 Å². The van der Waals surface area contributed by atoms with Gasteiger partial charge in [0.05, 0.1) is 12.8 Å². The molecule has 0 unspecified atom stereocenters. The molecule has 1 heterocycles. The molecule has 0 radical (unpaired) electrons. The van der Waals surface area contributed by atoms with E-state index in [0.29, 0.717) is 0 Å². The van der Waals surface area contributed by atoms with Crippen LogP contribution in [0.15, 0.2) is 24.5 Å². The van der Waals surface area contributed by atoms with Crippen molar-refractivity contribution in [2.45, 2.75) is 13.8 Å². The van der Waals surface area contributed by atoms with Gasteiger partial charge in [-0.2, -0.15) is 0 Å². The van der Waals surface area contributed by atoms with E-state index in [9.17, 15) is 0 Å². The maximum atomic E-state index is 5.43. The lowest BCUT2D eigenvalue weighted by Crippen LogP contribution is -1.97. The molecule has 2 aromatic rings. The minimum atomic E-state index is 0.792. The van der Waals surface area contributed by atoms with Crippen molar-refractivity contribution in [1.29, 1.82) is 0 Å². The quantitative estimate of drug-likeness (QED) is 0.900. The lowest BCUT2D eigenvalue weighted by Gasteiger charge is -2.11. The van der Waals surface area contributed by atoms with Crippen LogP contribution in [0.5, 0.6) is 5.75 Å². The summed E-state index contributed by atoms with van der Waals surface area (Å²) in [6, 6.07) is 6.04. The predicted octanol–water partition coefficient (Wildman–Crippen LogP) is 2.81. The van der Waals surface area contributed by atoms with Crippen molar-refractivity contribution in [3.05, 3.63) is 35.7 Å². The predicted molar refractivity (Wildman–Crippen MR) is 73.0 cm³/mol. The molecule has 1 N–H and O–H groups in total. The highest BCUT2D eigenvalue weighted by molar-refractivity contribution is 5.70. The third-order valence-electron chi connectivity index (χ3n) is 3.01. The third kappa shape index (κ3) is 2.27. The fourth-order valence-electron chi connectivity index (χ4n) is 1.80. The highest BCUT2D eigenvalue weighted by Crippen LogP contribution is 2.31. The number of anilines is 1. The summed E-state index contributed by atoms with van der Waals surface area (Å²) < 4.78 is 5.43. The van der Waals surface area contributed by atoms with Crippen LogP contribution in [0.1, 0.15) is 11.1 Å². The highest BCUT2D eigenvalue weighted by atomic mass is 16.5. The number of nitrogens with one attached hydrogen (secondary N) is 1. The molecule has 0 bridgehead atoms. The Labute approximate surface area is 107 Å². The van der Waals surface area contributed by atoms with Gasteiger partial charge < -0.3 is 10.1 Å². The molecule has 0 aliphatic heterocycles. The molecule has 4 nitrogen and oxygen atoms in total. The van der Waals surface area contributed by atoms with Gasteiger partial charge in [0.25, 0.3) is 0 Å². The van der Waals surface area contributed by atoms with Gasteiger partial charge in [0.15, 0.2) is 0 Å². The first-order chi connectivity index (χ1) is 8.65. The largest absolute Gasteiger partial charge is 0.496 e. The first-order valence-electron chi connectivity index (χ1n) is 5.81. The number of benzene rings is 1. The second kappa shape index (κ2) is 5.04. The standard InChI is InChI=1S/C14H17N3O/c1-9-5-11(13(18-4)6-10(9)2)12-7-14(15-3)17-8-16-12/h5-8H,1-4H3,(H,15,16,17). The Hall–Kier alpha value is -2.10. The zero-order valence-electron chi connectivity index (χ0n) is 11.1. The Kier molecular flexibility index (Phi) is 3.46. The molecular formula is C14H17N3O. The number of aryl methyl sites for hydroxylation is 2. The van der Waals surface area contributed by atoms with Gasteiger partial charge in [0.1, 0.15) is 17.9 Å². The topological polar surface area (TPSA) is 47.0 Å². The Bertz CT molecular complexity index is 567. The molecule has 0 aliphatic rings. The van der Waals surface area contributed by atoms with Crippen LogP contribution in [0.2, 0.25) is 0 Å². The zero-order valence-corrected chi connectivity index (χ0v) is 11.1. The van der Waals surface area contributed by atoms with Crippen molar-refractivity contribution in [2.75, 3.05) is 19.5 Å². The minimum Gasteiger partial charge on any atom is -0.496 e. The van der Waals surface area contributed by atoms with E-state index in [4.69, 9.17) is 4.74 Å². The number of hydrogen-bond acceptors (Lipinski definition) is 4. The number of hydrogen-bond donors (Lipinski definition) is 1. The number of rotatable bonds is 3. The maximum Gasteiger partial charge on any atom is 0.129 e. The summed E-state index contributed by atoms with van der Waals surface area (Å²) in [5.74, 6) is 1.62. The number of aromatic nitrogens is 2. The first-order valence-corrected chi connectivity index (χ1v) is 5.81. The maximum absolute atomic E-state index is 5.43. The van der Waals surface area contributed by atoms with Gasteiger partial charge in [0.2, 0.25) is 0 Å². The Morgan fingerprint density at radius 2 is 1.78 bits per heavy atom. The van der Waals surface area contributed by atoms with Crippen LogP contribution in [0.25, 0.3) is 11.3 Å². The van der Waals surface area contributed by atoms with Crippen molar-refractivity contribution in [3.8, 4) is 17.0 Å². The van der Waals surface area contributed by atoms with Crippen LogP contribution < -0.4 is 10.1 Å². The molecule has 1 aromatic carbocycles. The zero-order chi connectivity index (χ0) is 13.1. The summed E-state index contributed by atoms with van der Waals surface area (Å²) in [4.78, 5) is 8.42. The van der Waals surface area contributed by atoms with Gasteiger partial charge in [-0.1, -0.05) is 0 Å². The van der Waals surface area contributed by atoms with E-state index in [-0.39, 0.29) is 0 Å². The van der Waals surface area contributed by atoms with Crippen LogP contribution in [0.3, 0.4) is 0 Å². The molecule has 0 saturated heterocycles. The third-order valence-corrected chi connectivity index (χ3v) is 3.01. The monoisotopic (exact) mass is 243 g/mol. The van der Waals surface area contributed by atoms with Gasteiger partial charge >= 0.3 is 0 Å². The molecule has 0 saturated carbocycles. The molecule has 2 rings (SSSR count). The molecular weight excluding hydrogens is 226 g/mol. The summed E-state index contributed by atoms with van der Waals surface area (Å²) in [5, 5.41) is 3.01. The summed E-state index contributed by atoms with van der Waals surface area (Å²) in [6.07, 6.45) is 1.55. The van der Waals surface area contributed by atoms with E-state index in [1.54, 1.807) is 13.4 Å². The van der Waals surface area contributed by atoms with Crippen LogP contribution in [-0.4, -0.2) is 24.1 Å². The van der Waals surface area contributed by atoms with Crippen molar-refractivity contribution < 1.29 is 4.74 Å². The van der Waals surface area contributed by atoms with Crippen molar-refractivity contribution in [1.82, 2.24) is 9.97 Å². The first kappa shape index (κ1) is 12.4. The molecule has 4 heteroatoms. The SMILES string of the molecule is CNc1cc(-c2cc(C)c(C)cc2OC)ncn1. The lowest BCUT2D eigenvalue weighted by atomic mass is 10.0. The molecule has 94 valence electrons. The van der Waals surface area contributed by atoms with Gasteiger partial charge in [-0.15, -0.1) is 0 Å². The van der Waals surface area contributed by atoms with Crippen LogP contribution >= 0.6 is 0 Å². The van der Waals surface area contributed by atoms with E-state index in [1.807, 2.05) is 19.2 Å². The normalized spacial score (nSPS) is 10.2. The lowest BCUT2D eigenvalue weighted by molar-refractivity contribution is 0.416. The minimum absolute atomic E-state index is 0.792. The molecule has 0 aliphatic carbocycles. The highest BCUT2D eigenvalue weighted by Gasteiger charge is 2.10. The molecule has 18 heavy (non-hydrogen) atoms. The molecule has 0 spiro atoms. The van der Waals surface area contributed by atoms with Crippen molar-refractivity contribution in [2.24, 2.45) is 0 Å². The van der Waals surface area contributed by atoms with Gasteiger partial charge in [-0.25, -0.2) is 9.97 Å². The fraction of sp³-hybridized carbons (Fsp3) is 0.286. The summed E-state index contributed by atoms with van der Waals surface area (Å²) in [7, 11) is 3.51. The van der Waals surface area contributed by atoms with E-state index in [0.717, 1.165) is 22.8 Å². The Morgan fingerprint density at radius 3 is 2.44 bits per heavy atom. The Morgan fingerprint density at radius 1 is 1.06 bits per heavy atom. The van der Waals surface area contributed by atoms with Gasteiger partial charge in [0, 0.05) is 18.7 Å². The summed E-state index contributed by atoms with van der Waals surface area (Å²) in [6.45, 7) is 4.15. The second-order valence-electron chi connectivity index (χ2n) is 4.18. The summed E-state index contributed by atoms with van der Waals surface area (Å²) >= 11 is 0. The number of methoxy groups -OCH3 is 1. The molecule has 0 atom stereocenters. The molecule has 0 amide bonds. The smallest absolute Gasteiger partial charge is 0.129 e.